The van der Waals surface area contributed by atoms with Crippen LogP contribution in [-0.2, 0) is 0 Å². The second kappa shape index (κ2) is 17.0. The zero-order chi connectivity index (χ0) is 24.4. The zero-order valence-electron chi connectivity index (χ0n) is 21.3. The SMILES string of the molecule is CCCCCCCCCCOc1ccc(C(=O)O)c(-c2ccc(OCCCCCCC)cc2)c1. The van der Waals surface area contributed by atoms with Crippen LogP contribution in [0.25, 0.3) is 11.1 Å². The maximum atomic E-state index is 11.8. The standard InChI is InChI=1S/C30H44O4/c1-3-5-7-9-10-11-13-15-23-34-27-20-21-28(30(31)32)29(24-27)25-16-18-26(19-17-25)33-22-14-12-8-6-4-2/h16-21,24H,3-15,22-23H2,1-2H3,(H,31,32). The van der Waals surface area contributed by atoms with Crippen molar-refractivity contribution in [1.82, 2.24) is 0 Å². The Balaban J connectivity index is 1.86. The van der Waals surface area contributed by atoms with E-state index in [9.17, 15) is 9.90 Å². The monoisotopic (exact) mass is 468 g/mol. The van der Waals surface area contributed by atoms with E-state index in [1.165, 1.54) is 70.6 Å². The van der Waals surface area contributed by atoms with Gasteiger partial charge in [-0.15, -0.1) is 0 Å². The van der Waals surface area contributed by atoms with Gasteiger partial charge in [-0.1, -0.05) is 96.6 Å². The van der Waals surface area contributed by atoms with E-state index in [0.717, 1.165) is 29.9 Å². The summed E-state index contributed by atoms with van der Waals surface area (Å²) >= 11 is 0. The molecule has 0 unspecified atom stereocenters. The molecule has 0 aliphatic rings. The van der Waals surface area contributed by atoms with Gasteiger partial charge in [0.15, 0.2) is 0 Å². The predicted octanol–water partition coefficient (Wildman–Crippen LogP) is 8.92. The molecule has 0 amide bonds. The number of carbonyl (C=O) groups is 1. The van der Waals surface area contributed by atoms with E-state index in [2.05, 4.69) is 13.8 Å². The normalized spacial score (nSPS) is 10.9. The minimum atomic E-state index is -0.933. The first-order chi connectivity index (χ1) is 16.7. The quantitative estimate of drug-likeness (QED) is 0.209. The van der Waals surface area contributed by atoms with Crippen LogP contribution in [0.5, 0.6) is 11.5 Å². The first kappa shape index (κ1) is 27.8. The van der Waals surface area contributed by atoms with Crippen LogP contribution in [0, 0.1) is 0 Å². The molecule has 0 aliphatic heterocycles. The summed E-state index contributed by atoms with van der Waals surface area (Å²) in [6.07, 6.45) is 16.1. The highest BCUT2D eigenvalue weighted by atomic mass is 16.5. The molecular formula is C30H44O4. The smallest absolute Gasteiger partial charge is 0.336 e. The average molecular weight is 469 g/mol. The number of ether oxygens (including phenoxy) is 2. The maximum Gasteiger partial charge on any atom is 0.336 e. The Labute approximate surface area is 206 Å². The van der Waals surface area contributed by atoms with Crippen molar-refractivity contribution in [3.63, 3.8) is 0 Å². The highest BCUT2D eigenvalue weighted by Crippen LogP contribution is 2.30. The molecule has 2 rings (SSSR count). The third-order valence-corrected chi connectivity index (χ3v) is 6.17. The van der Waals surface area contributed by atoms with Gasteiger partial charge >= 0.3 is 5.97 Å². The summed E-state index contributed by atoms with van der Waals surface area (Å²) in [5, 5.41) is 9.66. The number of benzene rings is 2. The third kappa shape index (κ3) is 10.6. The molecule has 2 aromatic carbocycles. The van der Waals surface area contributed by atoms with Crippen LogP contribution >= 0.6 is 0 Å². The fourth-order valence-corrected chi connectivity index (χ4v) is 4.09. The van der Waals surface area contributed by atoms with E-state index in [1.54, 1.807) is 12.1 Å². The first-order valence-electron chi connectivity index (χ1n) is 13.4. The van der Waals surface area contributed by atoms with Crippen LogP contribution in [0.2, 0.25) is 0 Å². The van der Waals surface area contributed by atoms with E-state index in [1.807, 2.05) is 30.3 Å². The predicted molar refractivity (Wildman–Crippen MR) is 141 cm³/mol. The van der Waals surface area contributed by atoms with Crippen LogP contribution in [0.1, 0.15) is 108 Å². The van der Waals surface area contributed by atoms with Gasteiger partial charge in [-0.3, -0.25) is 0 Å². The van der Waals surface area contributed by atoms with Gasteiger partial charge in [0, 0.05) is 0 Å². The molecule has 0 saturated heterocycles. The Morgan fingerprint density at radius 3 is 1.65 bits per heavy atom. The van der Waals surface area contributed by atoms with E-state index in [-0.39, 0.29) is 5.56 Å². The largest absolute Gasteiger partial charge is 0.494 e. The second-order valence-electron chi connectivity index (χ2n) is 9.12. The lowest BCUT2D eigenvalue weighted by Crippen LogP contribution is -2.02. The minimum absolute atomic E-state index is 0.282. The lowest BCUT2D eigenvalue weighted by molar-refractivity contribution is 0.0697. The molecule has 0 aliphatic carbocycles. The molecule has 4 nitrogen and oxygen atoms in total. The van der Waals surface area contributed by atoms with Crippen molar-refractivity contribution in [1.29, 1.82) is 0 Å². The molecule has 0 saturated carbocycles. The van der Waals surface area contributed by atoms with Crippen LogP contribution < -0.4 is 9.47 Å². The van der Waals surface area contributed by atoms with Crippen molar-refractivity contribution in [3.8, 4) is 22.6 Å². The Morgan fingerprint density at radius 1 is 0.647 bits per heavy atom. The minimum Gasteiger partial charge on any atom is -0.494 e. The van der Waals surface area contributed by atoms with Crippen molar-refractivity contribution in [2.45, 2.75) is 97.3 Å². The summed E-state index contributed by atoms with van der Waals surface area (Å²) in [5.74, 6) is 0.602. The summed E-state index contributed by atoms with van der Waals surface area (Å²) in [7, 11) is 0. The van der Waals surface area contributed by atoms with Crippen molar-refractivity contribution >= 4 is 5.97 Å². The molecule has 0 aromatic heterocycles. The number of hydrogen-bond acceptors (Lipinski definition) is 3. The topological polar surface area (TPSA) is 55.8 Å². The molecule has 188 valence electrons. The van der Waals surface area contributed by atoms with Gasteiger partial charge in [0.1, 0.15) is 11.5 Å². The zero-order valence-corrected chi connectivity index (χ0v) is 21.3. The summed E-state index contributed by atoms with van der Waals surface area (Å²) in [4.78, 5) is 11.8. The van der Waals surface area contributed by atoms with Gasteiger partial charge in [-0.05, 0) is 54.3 Å². The Hall–Kier alpha value is -2.49. The van der Waals surface area contributed by atoms with Gasteiger partial charge in [-0.2, -0.15) is 0 Å². The molecule has 0 heterocycles. The number of rotatable bonds is 19. The van der Waals surface area contributed by atoms with E-state index in [0.29, 0.717) is 18.8 Å². The average Bonchev–Trinajstić information content (AvgIpc) is 2.85. The number of carboxylic acids is 1. The number of hydrogen-bond donors (Lipinski definition) is 1. The highest BCUT2D eigenvalue weighted by molar-refractivity contribution is 5.96. The van der Waals surface area contributed by atoms with Gasteiger partial charge in [0.05, 0.1) is 18.8 Å². The summed E-state index contributed by atoms with van der Waals surface area (Å²) in [6, 6.07) is 12.9. The van der Waals surface area contributed by atoms with Crippen molar-refractivity contribution < 1.29 is 19.4 Å². The molecule has 0 radical (unpaired) electrons. The summed E-state index contributed by atoms with van der Waals surface area (Å²) in [6.45, 7) is 5.83. The highest BCUT2D eigenvalue weighted by Gasteiger charge is 2.13. The fraction of sp³-hybridized carbons (Fsp3) is 0.567. The number of carboxylic acid groups (broad SMARTS) is 1. The van der Waals surface area contributed by atoms with Crippen LogP contribution in [0.15, 0.2) is 42.5 Å². The van der Waals surface area contributed by atoms with E-state index < -0.39 is 5.97 Å². The van der Waals surface area contributed by atoms with Crippen LogP contribution in [-0.4, -0.2) is 24.3 Å². The molecule has 1 N–H and O–H groups in total. The fourth-order valence-electron chi connectivity index (χ4n) is 4.09. The molecular weight excluding hydrogens is 424 g/mol. The second-order valence-corrected chi connectivity index (χ2v) is 9.12. The van der Waals surface area contributed by atoms with Gasteiger partial charge in [0.2, 0.25) is 0 Å². The summed E-state index contributed by atoms with van der Waals surface area (Å²) in [5.41, 5.74) is 1.81. The van der Waals surface area contributed by atoms with Crippen LogP contribution in [0.3, 0.4) is 0 Å². The van der Waals surface area contributed by atoms with Crippen LogP contribution in [0.4, 0.5) is 0 Å². The van der Waals surface area contributed by atoms with Crippen molar-refractivity contribution in [2.75, 3.05) is 13.2 Å². The summed E-state index contributed by atoms with van der Waals surface area (Å²) < 4.78 is 11.8. The third-order valence-electron chi connectivity index (χ3n) is 6.17. The Bertz CT molecular complexity index is 813. The van der Waals surface area contributed by atoms with Crippen molar-refractivity contribution in [3.05, 3.63) is 48.0 Å². The molecule has 0 spiro atoms. The van der Waals surface area contributed by atoms with E-state index >= 15 is 0 Å². The molecule has 0 atom stereocenters. The molecule has 34 heavy (non-hydrogen) atoms. The Kier molecular flexibility index (Phi) is 13.9. The molecule has 0 fully saturated rings. The number of aromatic carboxylic acids is 1. The number of unbranched alkanes of at least 4 members (excludes halogenated alkanes) is 11. The van der Waals surface area contributed by atoms with Gasteiger partial charge in [-0.25, -0.2) is 4.79 Å². The maximum absolute atomic E-state index is 11.8. The first-order valence-corrected chi connectivity index (χ1v) is 13.4. The van der Waals surface area contributed by atoms with Gasteiger partial charge < -0.3 is 14.6 Å². The lowest BCUT2D eigenvalue weighted by atomic mass is 9.99. The van der Waals surface area contributed by atoms with Crippen molar-refractivity contribution in [2.24, 2.45) is 0 Å². The molecule has 0 bridgehead atoms. The van der Waals surface area contributed by atoms with E-state index in [4.69, 9.17) is 9.47 Å². The molecule has 4 heteroatoms. The Morgan fingerprint density at radius 2 is 1.12 bits per heavy atom. The lowest BCUT2D eigenvalue weighted by Gasteiger charge is -2.12. The molecule has 2 aromatic rings. The van der Waals surface area contributed by atoms with Gasteiger partial charge in [0.25, 0.3) is 0 Å².